The van der Waals surface area contributed by atoms with Crippen molar-refractivity contribution >= 4 is 29.6 Å². The number of aromatic nitrogens is 1. The van der Waals surface area contributed by atoms with Crippen LogP contribution < -0.4 is 9.47 Å². The fourth-order valence-corrected chi connectivity index (χ4v) is 3.54. The first kappa shape index (κ1) is 21.2. The lowest BCUT2D eigenvalue weighted by Gasteiger charge is -2.25. The molecule has 0 spiro atoms. The van der Waals surface area contributed by atoms with E-state index < -0.39 is 0 Å². The maximum absolute atomic E-state index is 8.99. The highest BCUT2D eigenvalue weighted by molar-refractivity contribution is 7.98. The van der Waals surface area contributed by atoms with Crippen molar-refractivity contribution in [1.29, 1.82) is 0 Å². The molecule has 3 aromatic rings. The smallest absolute Gasteiger partial charge is 0.171 e. The summed E-state index contributed by atoms with van der Waals surface area (Å²) in [5.41, 5.74) is 4.92. The van der Waals surface area contributed by atoms with E-state index in [2.05, 4.69) is 90.0 Å². The van der Waals surface area contributed by atoms with Gasteiger partial charge < -0.3 is 10.0 Å². The van der Waals surface area contributed by atoms with Crippen LogP contribution in [0.15, 0.2) is 79.1 Å². The number of nitrogens with zero attached hydrogens (tertiary/aromatic N) is 2. The Morgan fingerprint density at radius 1 is 0.897 bits per heavy atom. The normalized spacial score (nSPS) is 11.1. The molecular weight excluding hydrogens is 376 g/mol. The standard InChI is InChI=1S/C25H29N2OS/c1-29-20-18-27(21-24-5-3-2-4-6-24)25-11-9-22(10-12-25)7-8-23-13-15-26(16-14-23)17-19-28/h2-16,28H,17-21H2,1H3/q+1. The lowest BCUT2D eigenvalue weighted by molar-refractivity contribution is -0.698. The minimum atomic E-state index is 0.157. The monoisotopic (exact) mass is 405 g/mol. The lowest BCUT2D eigenvalue weighted by Crippen LogP contribution is -2.34. The van der Waals surface area contributed by atoms with Crippen LogP contribution in [-0.4, -0.2) is 30.3 Å². The van der Waals surface area contributed by atoms with Gasteiger partial charge in [-0.1, -0.05) is 54.6 Å². The first-order valence-corrected chi connectivity index (χ1v) is 11.3. The van der Waals surface area contributed by atoms with Crippen LogP contribution in [0.4, 0.5) is 5.69 Å². The molecule has 0 aliphatic rings. The number of hydrogen-bond acceptors (Lipinski definition) is 3. The first-order chi connectivity index (χ1) is 14.3. The van der Waals surface area contributed by atoms with E-state index in [1.54, 1.807) is 0 Å². The van der Waals surface area contributed by atoms with Gasteiger partial charge in [0.1, 0.15) is 6.61 Å². The zero-order valence-electron chi connectivity index (χ0n) is 16.9. The molecule has 0 atom stereocenters. The number of hydrogen-bond donors (Lipinski definition) is 1. The molecule has 0 radical (unpaired) electrons. The molecule has 0 unspecified atom stereocenters. The number of pyridine rings is 1. The van der Waals surface area contributed by atoms with Crippen molar-refractivity contribution in [2.75, 3.05) is 30.1 Å². The molecule has 4 heteroatoms. The van der Waals surface area contributed by atoms with E-state index in [0.717, 1.165) is 24.4 Å². The zero-order valence-corrected chi connectivity index (χ0v) is 17.8. The average molecular weight is 406 g/mol. The number of rotatable bonds is 10. The second-order valence-electron chi connectivity index (χ2n) is 6.92. The molecule has 29 heavy (non-hydrogen) atoms. The fourth-order valence-electron chi connectivity index (χ4n) is 3.14. The van der Waals surface area contributed by atoms with Gasteiger partial charge in [-0.15, -0.1) is 0 Å². The number of anilines is 1. The third kappa shape index (κ3) is 6.77. The highest BCUT2D eigenvalue weighted by Crippen LogP contribution is 2.20. The molecule has 0 saturated carbocycles. The van der Waals surface area contributed by atoms with E-state index in [9.17, 15) is 0 Å². The Hall–Kier alpha value is -2.56. The third-order valence-electron chi connectivity index (χ3n) is 4.78. The van der Waals surface area contributed by atoms with E-state index in [1.807, 2.05) is 28.7 Å². The second-order valence-corrected chi connectivity index (χ2v) is 7.90. The predicted octanol–water partition coefficient (Wildman–Crippen LogP) is 4.51. The van der Waals surface area contributed by atoms with Crippen LogP contribution in [-0.2, 0) is 13.1 Å². The molecule has 150 valence electrons. The summed E-state index contributed by atoms with van der Waals surface area (Å²) in [4.78, 5) is 2.44. The van der Waals surface area contributed by atoms with E-state index in [0.29, 0.717) is 6.54 Å². The van der Waals surface area contributed by atoms with Gasteiger partial charge in [-0.3, -0.25) is 0 Å². The van der Waals surface area contributed by atoms with Gasteiger partial charge in [0, 0.05) is 36.7 Å². The maximum atomic E-state index is 8.99. The van der Waals surface area contributed by atoms with Crippen molar-refractivity contribution in [3.05, 3.63) is 95.8 Å². The van der Waals surface area contributed by atoms with Crippen molar-refractivity contribution in [1.82, 2.24) is 0 Å². The largest absolute Gasteiger partial charge is 0.390 e. The first-order valence-electron chi connectivity index (χ1n) is 9.94. The van der Waals surface area contributed by atoms with Crippen LogP contribution in [0, 0.1) is 0 Å². The fraction of sp³-hybridized carbons (Fsp3) is 0.240. The quantitative estimate of drug-likeness (QED) is 0.503. The van der Waals surface area contributed by atoms with Crippen LogP contribution in [0.3, 0.4) is 0 Å². The molecule has 0 amide bonds. The molecule has 0 bridgehead atoms. The molecule has 2 aromatic carbocycles. The minimum Gasteiger partial charge on any atom is -0.390 e. The zero-order chi connectivity index (χ0) is 20.3. The van der Waals surface area contributed by atoms with Crippen LogP contribution >= 0.6 is 11.8 Å². The van der Waals surface area contributed by atoms with Gasteiger partial charge in [0.15, 0.2) is 18.9 Å². The summed E-state index contributed by atoms with van der Waals surface area (Å²) < 4.78 is 1.97. The Morgan fingerprint density at radius 2 is 1.55 bits per heavy atom. The highest BCUT2D eigenvalue weighted by atomic mass is 32.2. The summed E-state index contributed by atoms with van der Waals surface area (Å²) in [6.07, 6.45) is 10.4. The van der Waals surface area contributed by atoms with Crippen LogP contribution in [0.1, 0.15) is 16.7 Å². The molecular formula is C25H29N2OS+. The van der Waals surface area contributed by atoms with Gasteiger partial charge in [-0.05, 0) is 35.1 Å². The predicted molar refractivity (Wildman–Crippen MR) is 125 cm³/mol. The molecule has 1 N–H and O–H groups in total. The topological polar surface area (TPSA) is 27.4 Å². The summed E-state index contributed by atoms with van der Waals surface area (Å²) in [6.45, 7) is 2.74. The van der Waals surface area contributed by atoms with Crippen molar-refractivity contribution in [3.63, 3.8) is 0 Å². The molecule has 1 heterocycles. The van der Waals surface area contributed by atoms with Crippen LogP contribution in [0.5, 0.6) is 0 Å². The maximum Gasteiger partial charge on any atom is 0.171 e. The Bertz CT molecular complexity index is 877. The lowest BCUT2D eigenvalue weighted by atomic mass is 10.1. The van der Waals surface area contributed by atoms with Gasteiger partial charge in [0.05, 0.1) is 0 Å². The Labute approximate surface area is 178 Å². The third-order valence-corrected chi connectivity index (χ3v) is 5.37. The number of aliphatic hydroxyl groups excluding tert-OH is 1. The Morgan fingerprint density at radius 3 is 2.17 bits per heavy atom. The number of benzene rings is 2. The SMILES string of the molecule is CSCCN(Cc1ccccc1)c1ccc(C=Cc2cc[n+](CCO)cc2)cc1. The molecule has 1 aromatic heterocycles. The van der Waals surface area contributed by atoms with Crippen molar-refractivity contribution in [2.45, 2.75) is 13.1 Å². The highest BCUT2D eigenvalue weighted by Gasteiger charge is 2.07. The molecule has 0 aliphatic carbocycles. The van der Waals surface area contributed by atoms with Crippen molar-refractivity contribution in [3.8, 4) is 0 Å². The Balaban J connectivity index is 1.67. The van der Waals surface area contributed by atoms with Gasteiger partial charge in [-0.25, -0.2) is 4.57 Å². The molecule has 3 rings (SSSR count). The second kappa shape index (κ2) is 11.4. The average Bonchev–Trinajstić information content (AvgIpc) is 2.77. The van der Waals surface area contributed by atoms with Gasteiger partial charge in [-0.2, -0.15) is 11.8 Å². The van der Waals surface area contributed by atoms with Crippen molar-refractivity contribution in [2.24, 2.45) is 0 Å². The van der Waals surface area contributed by atoms with E-state index >= 15 is 0 Å². The summed E-state index contributed by atoms with van der Waals surface area (Å²) in [5, 5.41) is 8.99. The summed E-state index contributed by atoms with van der Waals surface area (Å²) in [7, 11) is 0. The summed E-state index contributed by atoms with van der Waals surface area (Å²) >= 11 is 1.88. The van der Waals surface area contributed by atoms with Gasteiger partial charge in [0.25, 0.3) is 0 Å². The van der Waals surface area contributed by atoms with E-state index in [1.165, 1.54) is 16.8 Å². The molecule has 0 fully saturated rings. The van der Waals surface area contributed by atoms with E-state index in [-0.39, 0.29) is 6.61 Å². The van der Waals surface area contributed by atoms with Crippen molar-refractivity contribution < 1.29 is 9.67 Å². The molecule has 0 aliphatic heterocycles. The Kier molecular flexibility index (Phi) is 8.35. The molecule has 0 saturated heterocycles. The summed E-state index contributed by atoms with van der Waals surface area (Å²) in [5.74, 6) is 1.11. The van der Waals surface area contributed by atoms with Crippen LogP contribution in [0.2, 0.25) is 0 Å². The van der Waals surface area contributed by atoms with E-state index in [4.69, 9.17) is 5.11 Å². The van der Waals surface area contributed by atoms with Gasteiger partial charge >= 0.3 is 0 Å². The molecule has 3 nitrogen and oxygen atoms in total. The summed E-state index contributed by atoms with van der Waals surface area (Å²) in [6, 6.07) is 23.5. The number of aliphatic hydroxyl groups is 1. The van der Waals surface area contributed by atoms with Crippen LogP contribution in [0.25, 0.3) is 12.2 Å². The number of thioether (sulfide) groups is 1. The minimum absolute atomic E-state index is 0.157. The van der Waals surface area contributed by atoms with Gasteiger partial charge in [0.2, 0.25) is 0 Å².